The van der Waals surface area contributed by atoms with E-state index < -0.39 is 5.60 Å². The van der Waals surface area contributed by atoms with Gasteiger partial charge in [0, 0.05) is 39.3 Å². The molecular formula is C15H24FN3O. The van der Waals surface area contributed by atoms with E-state index in [1.807, 2.05) is 19.9 Å². The number of hydrogen-bond donors (Lipinski definition) is 2. The van der Waals surface area contributed by atoms with E-state index in [1.165, 1.54) is 6.07 Å². The quantitative estimate of drug-likeness (QED) is 0.817. The van der Waals surface area contributed by atoms with E-state index in [0.29, 0.717) is 6.54 Å². The van der Waals surface area contributed by atoms with Gasteiger partial charge in [-0.2, -0.15) is 0 Å². The zero-order chi connectivity index (χ0) is 14.8. The summed E-state index contributed by atoms with van der Waals surface area (Å²) >= 11 is 0. The number of aliphatic hydroxyl groups is 1. The van der Waals surface area contributed by atoms with Crippen molar-refractivity contribution >= 4 is 5.69 Å². The number of halogens is 1. The number of hydrogen-bond acceptors (Lipinski definition) is 4. The molecule has 0 aliphatic carbocycles. The first-order valence-electron chi connectivity index (χ1n) is 7.04. The Labute approximate surface area is 120 Å². The third kappa shape index (κ3) is 4.44. The number of anilines is 1. The molecule has 1 saturated heterocycles. The van der Waals surface area contributed by atoms with Gasteiger partial charge in [0.1, 0.15) is 5.82 Å². The summed E-state index contributed by atoms with van der Waals surface area (Å²) in [5.74, 6) is -0.344. The average molecular weight is 281 g/mol. The highest BCUT2D eigenvalue weighted by molar-refractivity contribution is 5.41. The van der Waals surface area contributed by atoms with Crippen molar-refractivity contribution in [2.24, 2.45) is 0 Å². The molecule has 0 atom stereocenters. The van der Waals surface area contributed by atoms with E-state index in [9.17, 15) is 9.50 Å². The zero-order valence-electron chi connectivity index (χ0n) is 12.3. The predicted molar refractivity (Wildman–Crippen MR) is 78.8 cm³/mol. The predicted octanol–water partition coefficient (Wildman–Crippen LogP) is 1.30. The fraction of sp³-hybridized carbons (Fsp3) is 0.600. The average Bonchev–Trinajstić information content (AvgIpc) is 2.35. The third-order valence-corrected chi connectivity index (χ3v) is 3.55. The molecule has 20 heavy (non-hydrogen) atoms. The van der Waals surface area contributed by atoms with Gasteiger partial charge in [0.15, 0.2) is 0 Å². The minimum absolute atomic E-state index is 0.198. The molecular weight excluding hydrogens is 257 g/mol. The molecule has 4 nitrogen and oxygen atoms in total. The van der Waals surface area contributed by atoms with Crippen LogP contribution in [0.3, 0.4) is 0 Å². The Hall–Kier alpha value is -1.17. The lowest BCUT2D eigenvalue weighted by atomic mass is 10.1. The fourth-order valence-corrected chi connectivity index (χ4v) is 2.58. The van der Waals surface area contributed by atoms with Crippen LogP contribution in [0.2, 0.25) is 0 Å². The summed E-state index contributed by atoms with van der Waals surface area (Å²) in [5, 5.41) is 9.82. The summed E-state index contributed by atoms with van der Waals surface area (Å²) in [5.41, 5.74) is 5.98. The molecule has 0 aromatic heterocycles. The summed E-state index contributed by atoms with van der Waals surface area (Å²) in [6, 6.07) is 5.01. The van der Waals surface area contributed by atoms with Crippen LogP contribution in [0.1, 0.15) is 19.4 Å². The zero-order valence-corrected chi connectivity index (χ0v) is 12.3. The van der Waals surface area contributed by atoms with E-state index in [0.717, 1.165) is 38.3 Å². The molecule has 1 aliphatic heterocycles. The molecule has 0 radical (unpaired) electrons. The van der Waals surface area contributed by atoms with Gasteiger partial charge in [-0.3, -0.25) is 9.80 Å². The molecule has 1 fully saturated rings. The topological polar surface area (TPSA) is 52.7 Å². The maximum absolute atomic E-state index is 13.4. The van der Waals surface area contributed by atoms with Crippen LogP contribution in [0.25, 0.3) is 0 Å². The monoisotopic (exact) mass is 281 g/mol. The van der Waals surface area contributed by atoms with Crippen LogP contribution < -0.4 is 5.73 Å². The number of β-amino-alcohol motifs (C(OH)–C–C–N with tert-alkyl or cyclic N) is 1. The molecule has 0 saturated carbocycles. The van der Waals surface area contributed by atoms with Crippen LogP contribution in [0.4, 0.5) is 10.1 Å². The van der Waals surface area contributed by atoms with E-state index in [1.54, 1.807) is 6.07 Å². The van der Waals surface area contributed by atoms with E-state index in [2.05, 4.69) is 9.80 Å². The van der Waals surface area contributed by atoms with Gasteiger partial charge in [0.25, 0.3) is 0 Å². The molecule has 1 aliphatic rings. The van der Waals surface area contributed by atoms with Crippen LogP contribution >= 0.6 is 0 Å². The SMILES string of the molecule is CC(C)(O)CN1CCN(Cc2ccc(N)c(F)c2)CC1. The highest BCUT2D eigenvalue weighted by Crippen LogP contribution is 2.15. The lowest BCUT2D eigenvalue weighted by Gasteiger charge is -2.37. The van der Waals surface area contributed by atoms with Crippen molar-refractivity contribution in [2.75, 3.05) is 38.5 Å². The molecule has 112 valence electrons. The van der Waals surface area contributed by atoms with Crippen molar-refractivity contribution in [1.29, 1.82) is 0 Å². The Kier molecular flexibility index (Phi) is 4.62. The Morgan fingerprint density at radius 3 is 2.35 bits per heavy atom. The normalized spacial score (nSPS) is 18.4. The Morgan fingerprint density at radius 1 is 1.20 bits per heavy atom. The lowest BCUT2D eigenvalue weighted by molar-refractivity contribution is 0.0166. The van der Waals surface area contributed by atoms with Crippen molar-refractivity contribution in [1.82, 2.24) is 9.80 Å². The molecule has 3 N–H and O–H groups in total. The Balaban J connectivity index is 1.83. The van der Waals surface area contributed by atoms with E-state index >= 15 is 0 Å². The number of benzene rings is 1. The van der Waals surface area contributed by atoms with Gasteiger partial charge in [0.2, 0.25) is 0 Å². The maximum Gasteiger partial charge on any atom is 0.146 e. The van der Waals surface area contributed by atoms with Crippen molar-refractivity contribution in [2.45, 2.75) is 26.0 Å². The standard InChI is InChI=1S/C15H24FN3O/c1-15(2,20)11-19-7-5-18(6-8-19)10-12-3-4-14(17)13(16)9-12/h3-4,9,20H,5-8,10-11,17H2,1-2H3. The minimum Gasteiger partial charge on any atom is -0.396 e. The van der Waals surface area contributed by atoms with Gasteiger partial charge >= 0.3 is 0 Å². The lowest BCUT2D eigenvalue weighted by Crippen LogP contribution is -2.50. The molecule has 5 heteroatoms. The minimum atomic E-state index is -0.651. The largest absolute Gasteiger partial charge is 0.396 e. The van der Waals surface area contributed by atoms with E-state index in [4.69, 9.17) is 5.73 Å². The van der Waals surface area contributed by atoms with Crippen LogP contribution in [-0.4, -0.2) is 53.2 Å². The summed E-state index contributed by atoms with van der Waals surface area (Å²) < 4.78 is 13.4. The second kappa shape index (κ2) is 6.08. The van der Waals surface area contributed by atoms with E-state index in [-0.39, 0.29) is 11.5 Å². The third-order valence-electron chi connectivity index (χ3n) is 3.55. The van der Waals surface area contributed by atoms with Gasteiger partial charge in [0.05, 0.1) is 11.3 Å². The molecule has 0 spiro atoms. The summed E-state index contributed by atoms with van der Waals surface area (Å²) in [6.45, 7) is 8.82. The van der Waals surface area contributed by atoms with Crippen LogP contribution in [0.15, 0.2) is 18.2 Å². The molecule has 0 unspecified atom stereocenters. The first-order valence-corrected chi connectivity index (χ1v) is 7.04. The second-order valence-electron chi connectivity index (χ2n) is 6.22. The van der Waals surface area contributed by atoms with Crippen molar-refractivity contribution in [3.63, 3.8) is 0 Å². The smallest absolute Gasteiger partial charge is 0.146 e. The van der Waals surface area contributed by atoms with Gasteiger partial charge in [-0.15, -0.1) is 0 Å². The van der Waals surface area contributed by atoms with Crippen molar-refractivity contribution in [3.05, 3.63) is 29.6 Å². The maximum atomic E-state index is 13.4. The van der Waals surface area contributed by atoms with Gasteiger partial charge in [-0.05, 0) is 31.5 Å². The first kappa shape index (κ1) is 15.2. The Morgan fingerprint density at radius 2 is 1.80 bits per heavy atom. The Bertz CT molecular complexity index is 451. The molecule has 0 amide bonds. The molecule has 2 rings (SSSR count). The number of nitrogen functional groups attached to an aromatic ring is 1. The highest BCUT2D eigenvalue weighted by Gasteiger charge is 2.22. The van der Waals surface area contributed by atoms with Crippen LogP contribution in [0.5, 0.6) is 0 Å². The van der Waals surface area contributed by atoms with Gasteiger partial charge < -0.3 is 10.8 Å². The molecule has 1 aromatic rings. The number of piperazine rings is 1. The summed E-state index contributed by atoms with van der Waals surface area (Å²) in [7, 11) is 0. The summed E-state index contributed by atoms with van der Waals surface area (Å²) in [6.07, 6.45) is 0. The molecule has 1 aromatic carbocycles. The number of nitrogens with two attached hydrogens (primary N) is 1. The first-order chi connectivity index (χ1) is 9.33. The summed E-state index contributed by atoms with van der Waals surface area (Å²) in [4.78, 5) is 4.56. The van der Waals surface area contributed by atoms with Crippen molar-refractivity contribution in [3.8, 4) is 0 Å². The van der Waals surface area contributed by atoms with Crippen LogP contribution in [-0.2, 0) is 6.54 Å². The fourth-order valence-electron chi connectivity index (χ4n) is 2.58. The van der Waals surface area contributed by atoms with Gasteiger partial charge in [-0.1, -0.05) is 6.07 Å². The highest BCUT2D eigenvalue weighted by atomic mass is 19.1. The molecule has 1 heterocycles. The number of rotatable bonds is 4. The van der Waals surface area contributed by atoms with Crippen LogP contribution in [0, 0.1) is 5.82 Å². The number of nitrogens with zero attached hydrogens (tertiary/aromatic N) is 2. The van der Waals surface area contributed by atoms with Crippen molar-refractivity contribution < 1.29 is 9.50 Å². The van der Waals surface area contributed by atoms with Gasteiger partial charge in [-0.25, -0.2) is 4.39 Å². The second-order valence-corrected chi connectivity index (χ2v) is 6.22. The molecule has 0 bridgehead atoms.